The standard InChI is InChI=1S/C25H30N4O4S/c1-5-18-8-14-21(15-9-18)33-17(4)23-27-28-25(29(23)6-2)34-16-22(30)26-20-12-10-19(11-13-20)24(31)32-7-3/h8-15,17H,5-7,16H2,1-4H3,(H,26,30). The molecule has 8 nitrogen and oxygen atoms in total. The van der Waals surface area contributed by atoms with Crippen LogP contribution in [0.15, 0.2) is 53.7 Å². The van der Waals surface area contributed by atoms with E-state index in [0.717, 1.165) is 12.2 Å². The Labute approximate surface area is 204 Å². The Hall–Kier alpha value is -3.33. The molecular weight excluding hydrogens is 452 g/mol. The minimum Gasteiger partial charge on any atom is -0.483 e. The molecule has 1 aromatic heterocycles. The molecule has 2 aromatic carbocycles. The fourth-order valence-corrected chi connectivity index (χ4v) is 4.11. The number of rotatable bonds is 11. The van der Waals surface area contributed by atoms with E-state index >= 15 is 0 Å². The lowest BCUT2D eigenvalue weighted by Crippen LogP contribution is -2.15. The van der Waals surface area contributed by atoms with E-state index in [1.807, 2.05) is 30.5 Å². The Morgan fingerprint density at radius 2 is 1.74 bits per heavy atom. The maximum Gasteiger partial charge on any atom is 0.338 e. The third-order valence-corrected chi connectivity index (χ3v) is 6.05. The van der Waals surface area contributed by atoms with Gasteiger partial charge in [-0.2, -0.15) is 0 Å². The van der Waals surface area contributed by atoms with Crippen LogP contribution < -0.4 is 10.1 Å². The third kappa shape index (κ3) is 6.60. The highest BCUT2D eigenvalue weighted by atomic mass is 32.2. The monoisotopic (exact) mass is 482 g/mol. The number of nitrogens with one attached hydrogen (secondary N) is 1. The number of nitrogens with zero attached hydrogens (tertiary/aromatic N) is 3. The lowest BCUT2D eigenvalue weighted by molar-refractivity contribution is -0.113. The molecule has 1 N–H and O–H groups in total. The van der Waals surface area contributed by atoms with E-state index in [1.165, 1.54) is 17.3 Å². The Bertz CT molecular complexity index is 1100. The number of amides is 1. The number of carbonyl (C=O) groups excluding carboxylic acids is 2. The van der Waals surface area contributed by atoms with Crippen molar-refractivity contribution in [1.82, 2.24) is 14.8 Å². The molecule has 0 fully saturated rings. The maximum atomic E-state index is 12.4. The molecule has 0 bridgehead atoms. The van der Waals surface area contributed by atoms with Gasteiger partial charge in [-0.1, -0.05) is 30.8 Å². The smallest absolute Gasteiger partial charge is 0.338 e. The van der Waals surface area contributed by atoms with Crippen molar-refractivity contribution in [2.75, 3.05) is 17.7 Å². The van der Waals surface area contributed by atoms with Crippen LogP contribution in [-0.4, -0.2) is 39.0 Å². The van der Waals surface area contributed by atoms with E-state index in [1.54, 1.807) is 31.2 Å². The van der Waals surface area contributed by atoms with Crippen LogP contribution in [0.4, 0.5) is 5.69 Å². The number of benzene rings is 2. The van der Waals surface area contributed by atoms with Crippen molar-refractivity contribution >= 4 is 29.3 Å². The van der Waals surface area contributed by atoms with Crippen molar-refractivity contribution < 1.29 is 19.1 Å². The van der Waals surface area contributed by atoms with Crippen LogP contribution in [-0.2, 0) is 22.5 Å². The summed E-state index contributed by atoms with van der Waals surface area (Å²) in [4.78, 5) is 24.2. The zero-order valence-electron chi connectivity index (χ0n) is 19.9. The molecule has 0 spiro atoms. The fourth-order valence-electron chi connectivity index (χ4n) is 3.30. The molecule has 0 radical (unpaired) electrons. The number of carbonyl (C=O) groups is 2. The van der Waals surface area contributed by atoms with Crippen molar-refractivity contribution in [3.63, 3.8) is 0 Å². The van der Waals surface area contributed by atoms with Crippen molar-refractivity contribution in [3.05, 3.63) is 65.5 Å². The van der Waals surface area contributed by atoms with E-state index in [9.17, 15) is 9.59 Å². The second kappa shape index (κ2) is 12.2. The molecule has 3 rings (SSSR count). The first-order valence-corrected chi connectivity index (χ1v) is 12.3. The SMILES string of the molecule is CCOC(=O)c1ccc(NC(=O)CSc2nnc(C(C)Oc3ccc(CC)cc3)n2CC)cc1. The number of hydrogen-bond donors (Lipinski definition) is 1. The summed E-state index contributed by atoms with van der Waals surface area (Å²) in [5.41, 5.74) is 2.30. The highest BCUT2D eigenvalue weighted by Gasteiger charge is 2.19. The van der Waals surface area contributed by atoms with Gasteiger partial charge < -0.3 is 19.4 Å². The van der Waals surface area contributed by atoms with E-state index in [4.69, 9.17) is 9.47 Å². The number of ether oxygens (including phenoxy) is 2. The molecule has 0 aliphatic carbocycles. The van der Waals surface area contributed by atoms with Gasteiger partial charge in [0.05, 0.1) is 17.9 Å². The molecule has 0 saturated heterocycles. The topological polar surface area (TPSA) is 95.3 Å². The fraction of sp³-hybridized carbons (Fsp3) is 0.360. The van der Waals surface area contributed by atoms with Crippen molar-refractivity contribution in [2.45, 2.75) is 51.9 Å². The van der Waals surface area contributed by atoms with Crippen LogP contribution in [0.5, 0.6) is 5.75 Å². The number of hydrogen-bond acceptors (Lipinski definition) is 7. The maximum absolute atomic E-state index is 12.4. The predicted molar refractivity (Wildman–Crippen MR) is 132 cm³/mol. The highest BCUT2D eigenvalue weighted by molar-refractivity contribution is 7.99. The predicted octanol–water partition coefficient (Wildman–Crippen LogP) is 4.91. The first-order chi connectivity index (χ1) is 16.4. The summed E-state index contributed by atoms with van der Waals surface area (Å²) >= 11 is 1.31. The van der Waals surface area contributed by atoms with Gasteiger partial charge in [0, 0.05) is 12.2 Å². The first kappa shape index (κ1) is 25.3. The van der Waals surface area contributed by atoms with Crippen molar-refractivity contribution in [2.24, 2.45) is 0 Å². The molecule has 0 aliphatic rings. The molecule has 0 saturated carbocycles. The number of esters is 1. The number of aryl methyl sites for hydroxylation is 1. The average Bonchev–Trinajstić information content (AvgIpc) is 3.27. The van der Waals surface area contributed by atoms with Gasteiger partial charge in [-0.05, 0) is 69.2 Å². The lowest BCUT2D eigenvalue weighted by atomic mass is 10.2. The van der Waals surface area contributed by atoms with Gasteiger partial charge in [0.2, 0.25) is 5.91 Å². The largest absolute Gasteiger partial charge is 0.483 e. The zero-order valence-corrected chi connectivity index (χ0v) is 20.7. The van der Waals surface area contributed by atoms with E-state index in [2.05, 4.69) is 34.6 Å². The van der Waals surface area contributed by atoms with E-state index < -0.39 is 0 Å². The Morgan fingerprint density at radius 1 is 1.03 bits per heavy atom. The molecule has 3 aromatic rings. The molecule has 34 heavy (non-hydrogen) atoms. The van der Waals surface area contributed by atoms with Crippen LogP contribution >= 0.6 is 11.8 Å². The Morgan fingerprint density at radius 3 is 2.35 bits per heavy atom. The first-order valence-electron chi connectivity index (χ1n) is 11.3. The average molecular weight is 483 g/mol. The summed E-state index contributed by atoms with van der Waals surface area (Å²) in [6, 6.07) is 14.6. The van der Waals surface area contributed by atoms with Crippen LogP contribution in [0.3, 0.4) is 0 Å². The quantitative estimate of drug-likeness (QED) is 0.306. The molecule has 1 atom stereocenters. The van der Waals surface area contributed by atoms with E-state index in [0.29, 0.717) is 35.4 Å². The summed E-state index contributed by atoms with van der Waals surface area (Å²) in [5.74, 6) is 1.09. The normalized spacial score (nSPS) is 11.6. The summed E-state index contributed by atoms with van der Waals surface area (Å²) in [7, 11) is 0. The molecule has 1 heterocycles. The summed E-state index contributed by atoms with van der Waals surface area (Å²) in [6.07, 6.45) is 0.688. The van der Waals surface area contributed by atoms with Gasteiger partial charge in [0.1, 0.15) is 5.75 Å². The third-order valence-electron chi connectivity index (χ3n) is 5.08. The van der Waals surface area contributed by atoms with Gasteiger partial charge in [-0.3, -0.25) is 4.79 Å². The minimum absolute atomic E-state index is 0.172. The summed E-state index contributed by atoms with van der Waals surface area (Å²) in [5, 5.41) is 12.1. The van der Waals surface area contributed by atoms with Gasteiger partial charge in [-0.25, -0.2) is 4.79 Å². The number of thioether (sulfide) groups is 1. The molecule has 0 aliphatic heterocycles. The van der Waals surface area contributed by atoms with Crippen LogP contribution in [0.2, 0.25) is 0 Å². The Balaban J connectivity index is 1.57. The van der Waals surface area contributed by atoms with Crippen LogP contribution in [0, 0.1) is 0 Å². The van der Waals surface area contributed by atoms with Gasteiger partial charge >= 0.3 is 5.97 Å². The highest BCUT2D eigenvalue weighted by Crippen LogP contribution is 2.25. The number of anilines is 1. The van der Waals surface area contributed by atoms with E-state index in [-0.39, 0.29) is 23.7 Å². The number of aromatic nitrogens is 3. The van der Waals surface area contributed by atoms with Crippen molar-refractivity contribution in [1.29, 1.82) is 0 Å². The summed E-state index contributed by atoms with van der Waals surface area (Å²) in [6.45, 7) is 8.78. The zero-order chi connectivity index (χ0) is 24.5. The minimum atomic E-state index is -0.387. The van der Waals surface area contributed by atoms with Gasteiger partial charge in [0.25, 0.3) is 0 Å². The van der Waals surface area contributed by atoms with Gasteiger partial charge in [-0.15, -0.1) is 10.2 Å². The Kier molecular flexibility index (Phi) is 9.09. The summed E-state index contributed by atoms with van der Waals surface area (Å²) < 4.78 is 13.0. The molecule has 1 unspecified atom stereocenters. The molecule has 9 heteroatoms. The van der Waals surface area contributed by atoms with Crippen LogP contribution in [0.25, 0.3) is 0 Å². The molecule has 1 amide bonds. The second-order valence-corrected chi connectivity index (χ2v) is 8.42. The lowest BCUT2D eigenvalue weighted by Gasteiger charge is -2.16. The van der Waals surface area contributed by atoms with Crippen molar-refractivity contribution in [3.8, 4) is 5.75 Å². The second-order valence-electron chi connectivity index (χ2n) is 7.48. The van der Waals surface area contributed by atoms with Crippen LogP contribution in [0.1, 0.15) is 55.5 Å². The molecular formula is C25H30N4O4S. The molecule has 180 valence electrons. The van der Waals surface area contributed by atoms with Gasteiger partial charge in [0.15, 0.2) is 17.1 Å².